The van der Waals surface area contributed by atoms with Crippen molar-refractivity contribution in [2.75, 3.05) is 0 Å². The van der Waals surface area contributed by atoms with Gasteiger partial charge in [0.2, 0.25) is 0 Å². The third kappa shape index (κ3) is 1.03. The Morgan fingerprint density at radius 3 is 2.88 bits per heavy atom. The molecule has 0 amide bonds. The van der Waals surface area contributed by atoms with Crippen molar-refractivity contribution < 1.29 is 9.47 Å². The monoisotopic (exact) mass is 112 g/mol. The quantitative estimate of drug-likeness (QED) is 0.471. The third-order valence-electron chi connectivity index (χ3n) is 0.866. The molecule has 0 bridgehead atoms. The molecule has 1 aliphatic rings. The van der Waals surface area contributed by atoms with Gasteiger partial charge < -0.3 is 9.47 Å². The minimum atomic E-state index is 0.108. The zero-order valence-corrected chi connectivity index (χ0v) is 4.76. The molecule has 0 saturated carbocycles. The Morgan fingerprint density at radius 2 is 2.50 bits per heavy atom. The molecule has 0 aromatic heterocycles. The van der Waals surface area contributed by atoms with Gasteiger partial charge in [-0.2, -0.15) is 0 Å². The predicted octanol–water partition coefficient (Wildman–Crippen LogP) is 1.41. The van der Waals surface area contributed by atoms with E-state index in [9.17, 15) is 0 Å². The summed E-state index contributed by atoms with van der Waals surface area (Å²) < 4.78 is 9.73. The van der Waals surface area contributed by atoms with Gasteiger partial charge in [0.15, 0.2) is 0 Å². The second kappa shape index (κ2) is 1.90. The standard InChI is InChI=1S/C6H8O2/c1-5-3-4-7-6(2)8-5/h3-5H,2H2,1H3. The normalized spacial score (nSPS) is 26.6. The van der Waals surface area contributed by atoms with Gasteiger partial charge in [0, 0.05) is 0 Å². The molecule has 2 heteroatoms. The first-order chi connectivity index (χ1) is 3.79. The fourth-order valence-electron chi connectivity index (χ4n) is 0.500. The van der Waals surface area contributed by atoms with E-state index in [1.54, 1.807) is 6.26 Å². The van der Waals surface area contributed by atoms with Crippen LogP contribution in [0.3, 0.4) is 0 Å². The minimum absolute atomic E-state index is 0.108. The molecular weight excluding hydrogens is 104 g/mol. The van der Waals surface area contributed by atoms with Crippen LogP contribution in [-0.2, 0) is 9.47 Å². The summed E-state index contributed by atoms with van der Waals surface area (Å²) in [4.78, 5) is 0. The molecule has 8 heavy (non-hydrogen) atoms. The zero-order chi connectivity index (χ0) is 5.98. The smallest absolute Gasteiger partial charge is 0.277 e. The van der Waals surface area contributed by atoms with Gasteiger partial charge >= 0.3 is 0 Å². The van der Waals surface area contributed by atoms with Crippen molar-refractivity contribution in [3.63, 3.8) is 0 Å². The summed E-state index contributed by atoms with van der Waals surface area (Å²) in [5.41, 5.74) is 0. The average molecular weight is 112 g/mol. The van der Waals surface area contributed by atoms with E-state index in [1.807, 2.05) is 13.0 Å². The molecular formula is C6H8O2. The SMILES string of the molecule is C=C1OC=CC(C)O1. The molecule has 0 fully saturated rings. The first-order valence-corrected chi connectivity index (χ1v) is 2.48. The molecule has 0 radical (unpaired) electrons. The molecule has 2 nitrogen and oxygen atoms in total. The lowest BCUT2D eigenvalue weighted by atomic mass is 10.4. The second-order valence-corrected chi connectivity index (χ2v) is 1.64. The molecule has 0 aromatic rings. The average Bonchev–Trinajstić information content (AvgIpc) is 1.64. The van der Waals surface area contributed by atoms with Gasteiger partial charge in [-0.3, -0.25) is 0 Å². The predicted molar refractivity (Wildman–Crippen MR) is 29.9 cm³/mol. The largest absolute Gasteiger partial charge is 0.458 e. The Hall–Kier alpha value is -0.920. The van der Waals surface area contributed by atoms with Crippen molar-refractivity contribution in [3.8, 4) is 0 Å². The zero-order valence-electron chi connectivity index (χ0n) is 4.76. The first-order valence-electron chi connectivity index (χ1n) is 2.48. The van der Waals surface area contributed by atoms with Crippen LogP contribution in [0.2, 0.25) is 0 Å². The summed E-state index contributed by atoms with van der Waals surface area (Å²) in [6, 6.07) is 0. The van der Waals surface area contributed by atoms with Gasteiger partial charge in [0.1, 0.15) is 6.10 Å². The highest BCUT2D eigenvalue weighted by molar-refractivity contribution is 4.91. The summed E-state index contributed by atoms with van der Waals surface area (Å²) in [6.07, 6.45) is 3.50. The fraction of sp³-hybridized carbons (Fsp3) is 0.333. The maximum absolute atomic E-state index is 4.98. The molecule has 0 aromatic carbocycles. The number of hydrogen-bond donors (Lipinski definition) is 0. The van der Waals surface area contributed by atoms with Crippen LogP contribution in [0.15, 0.2) is 24.9 Å². The van der Waals surface area contributed by atoms with Crippen LogP contribution >= 0.6 is 0 Å². The Bertz CT molecular complexity index is 126. The second-order valence-electron chi connectivity index (χ2n) is 1.64. The third-order valence-corrected chi connectivity index (χ3v) is 0.866. The van der Waals surface area contributed by atoms with E-state index in [-0.39, 0.29) is 6.10 Å². The number of hydrogen-bond acceptors (Lipinski definition) is 2. The summed E-state index contributed by atoms with van der Waals surface area (Å²) in [5.74, 6) is 0.375. The van der Waals surface area contributed by atoms with Crippen LogP contribution in [0.25, 0.3) is 0 Å². The van der Waals surface area contributed by atoms with E-state index in [1.165, 1.54) is 0 Å². The molecule has 1 unspecified atom stereocenters. The highest BCUT2D eigenvalue weighted by atomic mass is 16.7. The van der Waals surface area contributed by atoms with Crippen molar-refractivity contribution in [1.29, 1.82) is 0 Å². The van der Waals surface area contributed by atoms with Crippen LogP contribution in [-0.4, -0.2) is 6.10 Å². The first kappa shape index (κ1) is 5.22. The number of rotatable bonds is 0. The molecule has 1 aliphatic heterocycles. The molecule has 1 rings (SSSR count). The van der Waals surface area contributed by atoms with E-state index in [0.717, 1.165) is 0 Å². The van der Waals surface area contributed by atoms with Gasteiger partial charge in [0.05, 0.1) is 6.26 Å². The van der Waals surface area contributed by atoms with Crippen molar-refractivity contribution in [2.45, 2.75) is 13.0 Å². The van der Waals surface area contributed by atoms with Gasteiger partial charge in [-0.15, -0.1) is 0 Å². The summed E-state index contributed by atoms with van der Waals surface area (Å²) in [5, 5.41) is 0. The van der Waals surface area contributed by atoms with Crippen LogP contribution in [0.1, 0.15) is 6.92 Å². The van der Waals surface area contributed by atoms with Gasteiger partial charge in [0.25, 0.3) is 5.95 Å². The maximum Gasteiger partial charge on any atom is 0.277 e. The molecule has 0 spiro atoms. The highest BCUT2D eigenvalue weighted by Crippen LogP contribution is 2.08. The molecule has 44 valence electrons. The lowest BCUT2D eigenvalue weighted by molar-refractivity contribution is 0.0379. The lowest BCUT2D eigenvalue weighted by Crippen LogP contribution is -2.08. The Morgan fingerprint density at radius 1 is 1.75 bits per heavy atom. The van der Waals surface area contributed by atoms with E-state index >= 15 is 0 Å². The molecule has 0 aliphatic carbocycles. The Balaban J connectivity index is 2.54. The fourth-order valence-corrected chi connectivity index (χ4v) is 0.500. The topological polar surface area (TPSA) is 18.5 Å². The summed E-state index contributed by atoms with van der Waals surface area (Å²) in [6.45, 7) is 5.39. The summed E-state index contributed by atoms with van der Waals surface area (Å²) in [7, 11) is 0. The van der Waals surface area contributed by atoms with Gasteiger partial charge in [-0.05, 0) is 19.6 Å². The Kier molecular flexibility index (Phi) is 1.24. The molecule has 0 N–H and O–H groups in total. The van der Waals surface area contributed by atoms with E-state index in [2.05, 4.69) is 6.58 Å². The van der Waals surface area contributed by atoms with Crippen molar-refractivity contribution in [3.05, 3.63) is 24.9 Å². The van der Waals surface area contributed by atoms with Gasteiger partial charge in [-0.25, -0.2) is 0 Å². The van der Waals surface area contributed by atoms with Crippen LogP contribution in [0.4, 0.5) is 0 Å². The highest BCUT2D eigenvalue weighted by Gasteiger charge is 2.04. The lowest BCUT2D eigenvalue weighted by Gasteiger charge is -2.15. The van der Waals surface area contributed by atoms with Crippen molar-refractivity contribution in [1.82, 2.24) is 0 Å². The van der Waals surface area contributed by atoms with E-state index in [4.69, 9.17) is 9.47 Å². The van der Waals surface area contributed by atoms with E-state index in [0.29, 0.717) is 5.95 Å². The van der Waals surface area contributed by atoms with Crippen LogP contribution in [0.5, 0.6) is 0 Å². The van der Waals surface area contributed by atoms with Crippen LogP contribution in [0, 0.1) is 0 Å². The Labute approximate surface area is 48.4 Å². The van der Waals surface area contributed by atoms with Crippen molar-refractivity contribution in [2.24, 2.45) is 0 Å². The van der Waals surface area contributed by atoms with Crippen LogP contribution < -0.4 is 0 Å². The molecule has 0 saturated heterocycles. The molecule has 1 atom stereocenters. The maximum atomic E-state index is 4.98. The molecule has 1 heterocycles. The minimum Gasteiger partial charge on any atom is -0.458 e. The van der Waals surface area contributed by atoms with Gasteiger partial charge in [-0.1, -0.05) is 0 Å². The summed E-state index contributed by atoms with van der Waals surface area (Å²) >= 11 is 0. The number of ether oxygens (including phenoxy) is 2. The van der Waals surface area contributed by atoms with E-state index < -0.39 is 0 Å². The van der Waals surface area contributed by atoms with Crippen molar-refractivity contribution >= 4 is 0 Å².